The highest BCUT2D eigenvalue weighted by atomic mass is 127. The highest BCUT2D eigenvalue weighted by Gasteiger charge is 2.63. The molecule has 2 bridgehead atoms. The fourth-order valence-electron chi connectivity index (χ4n) is 9.45. The quantitative estimate of drug-likeness (QED) is 0.0767. The lowest BCUT2D eigenvalue weighted by Gasteiger charge is -2.43. The van der Waals surface area contributed by atoms with Crippen LogP contribution in [0.1, 0.15) is 90.5 Å². The van der Waals surface area contributed by atoms with Crippen molar-refractivity contribution in [2.24, 2.45) is 11.8 Å². The second-order valence-electron chi connectivity index (χ2n) is 18.4. The predicted molar refractivity (Wildman–Crippen MR) is 230 cm³/mol. The lowest BCUT2D eigenvalue weighted by Crippen LogP contribution is -2.70. The largest absolute Gasteiger partial charge is 0.459 e. The van der Waals surface area contributed by atoms with E-state index in [9.17, 15) is 23.4 Å². The van der Waals surface area contributed by atoms with E-state index in [1.54, 1.807) is 30.9 Å². The standard InChI is InChI=1S/C42H59IN6O9S/c1-6-31(43)41(5,36(52)46-59(54,55)39(3)17-18-39)47-42(24-56-42)32-21-28-23-49(32)35(51)33(26-12-9-10-13-26)45-38(53)58-40(4)22-27(40)14-8-7-11-19-48-34(50)29-16-15-25(2)20-30(29)44-37(48)57-28/h6-7,11,15-16,20,26-28,31-33,36,38,45-47,52-53H,1,8-10,12-14,17-19,21-24H2,2-5H3/b11-7+/t27-,28-,31+,32+,33+,36?,38?,40-,41-,42?/m1/s1. The number of carbonyl (C=O) groups is 1. The maximum Gasteiger partial charge on any atom is 0.300 e. The number of ether oxygens (including phenoxy) is 3. The first-order valence-corrected chi connectivity index (χ1v) is 23.8. The molecule has 3 saturated carbocycles. The molecule has 15 nitrogen and oxygen atoms in total. The zero-order valence-electron chi connectivity index (χ0n) is 34.4. The summed E-state index contributed by atoms with van der Waals surface area (Å²) in [7, 11) is -3.89. The van der Waals surface area contributed by atoms with Gasteiger partial charge in [-0.05, 0) is 102 Å². The number of aliphatic hydroxyl groups excluding tert-OH is 2. The van der Waals surface area contributed by atoms with E-state index in [1.807, 2.05) is 38.1 Å². The summed E-state index contributed by atoms with van der Waals surface area (Å²) in [6.07, 6.45) is 9.13. The van der Waals surface area contributed by atoms with Crippen LogP contribution in [0.15, 0.2) is 47.8 Å². The SMILES string of the molecule is C=C[C@H](I)[C@@](C)(NC1([C@@H]2C[C@@H]3CN2C(=O)[C@H](C2CCCC2)NC(O)O[C@]2(C)C[C@H]2CC/C=C/Cn2c(nc4cc(C)ccc4c2=O)O3)CO1)C(O)NS(=O)(=O)C1(C)CC1. The van der Waals surface area contributed by atoms with Crippen molar-refractivity contribution < 1.29 is 37.6 Å². The molecule has 6 aliphatic rings. The van der Waals surface area contributed by atoms with Gasteiger partial charge in [0.05, 0.1) is 55.9 Å². The maximum absolute atomic E-state index is 15.2. The molecule has 1 amide bonds. The normalized spacial score (nSPS) is 35.0. The van der Waals surface area contributed by atoms with Crippen LogP contribution >= 0.6 is 22.6 Å². The van der Waals surface area contributed by atoms with Crippen LogP contribution in [0.4, 0.5) is 0 Å². The molecule has 324 valence electrons. The van der Waals surface area contributed by atoms with Crippen molar-refractivity contribution >= 4 is 49.4 Å². The summed E-state index contributed by atoms with van der Waals surface area (Å²) in [6, 6.07) is 4.19. The van der Waals surface area contributed by atoms with Crippen LogP contribution < -0.4 is 25.7 Å². The van der Waals surface area contributed by atoms with Gasteiger partial charge >= 0.3 is 0 Å². The number of aromatic nitrogens is 2. The molecule has 5 fully saturated rings. The number of hydrogen-bond donors (Lipinski definition) is 5. The Kier molecular flexibility index (Phi) is 11.7. The van der Waals surface area contributed by atoms with Gasteiger partial charge in [-0.25, -0.2) is 8.42 Å². The van der Waals surface area contributed by atoms with Crippen LogP contribution in [0.5, 0.6) is 6.01 Å². The van der Waals surface area contributed by atoms with Gasteiger partial charge in [-0.3, -0.25) is 24.8 Å². The summed E-state index contributed by atoms with van der Waals surface area (Å²) in [4.78, 5) is 35.9. The average molecular weight is 951 g/mol. The first-order chi connectivity index (χ1) is 27.9. The number of nitrogens with one attached hydrogen (secondary N) is 3. The highest BCUT2D eigenvalue weighted by Crippen LogP contribution is 2.50. The number of nitrogens with zero attached hydrogens (tertiary/aromatic N) is 3. The van der Waals surface area contributed by atoms with Crippen LogP contribution in [0.25, 0.3) is 10.9 Å². The third kappa shape index (κ3) is 8.41. The number of sulfonamides is 1. The van der Waals surface area contributed by atoms with E-state index in [0.29, 0.717) is 23.7 Å². The van der Waals surface area contributed by atoms with E-state index in [1.165, 1.54) is 4.57 Å². The number of halogens is 1. The molecule has 59 heavy (non-hydrogen) atoms. The van der Waals surface area contributed by atoms with E-state index in [-0.39, 0.29) is 55.4 Å². The molecule has 3 aliphatic carbocycles. The van der Waals surface area contributed by atoms with Crippen molar-refractivity contribution in [3.05, 3.63) is 58.9 Å². The van der Waals surface area contributed by atoms with Gasteiger partial charge in [0.2, 0.25) is 22.3 Å². The highest BCUT2D eigenvalue weighted by molar-refractivity contribution is 14.1. The van der Waals surface area contributed by atoms with Crippen molar-refractivity contribution in [1.82, 2.24) is 29.8 Å². The van der Waals surface area contributed by atoms with Gasteiger partial charge in [-0.1, -0.05) is 59.7 Å². The number of allylic oxidation sites excluding steroid dienone is 2. The average Bonchev–Trinajstić information content (AvgIpc) is 4.12. The van der Waals surface area contributed by atoms with Crippen molar-refractivity contribution in [1.29, 1.82) is 0 Å². The topological polar surface area (TPSA) is 197 Å². The monoisotopic (exact) mass is 950 g/mol. The van der Waals surface area contributed by atoms with E-state index in [0.717, 1.165) is 50.5 Å². The number of amides is 1. The maximum atomic E-state index is 15.2. The molecule has 2 saturated heterocycles. The number of aryl methyl sites for hydroxylation is 1. The Balaban J connectivity index is 1.18. The molecule has 2 aromatic rings. The number of benzene rings is 1. The zero-order valence-corrected chi connectivity index (χ0v) is 37.3. The smallest absolute Gasteiger partial charge is 0.300 e. The second kappa shape index (κ2) is 16.0. The molecule has 4 heterocycles. The summed E-state index contributed by atoms with van der Waals surface area (Å²) in [6.45, 7) is 11.8. The molecular weight excluding hydrogens is 891 g/mol. The summed E-state index contributed by atoms with van der Waals surface area (Å²) in [5, 5.41) is 30.4. The third-order valence-corrected chi connectivity index (χ3v) is 18.0. The molecule has 5 N–H and O–H groups in total. The van der Waals surface area contributed by atoms with Crippen molar-refractivity contribution in [3.63, 3.8) is 0 Å². The molecule has 1 aromatic carbocycles. The Bertz CT molecular complexity index is 2160. The second-order valence-corrected chi connectivity index (χ2v) is 22.0. The summed E-state index contributed by atoms with van der Waals surface area (Å²) in [5.41, 5.74) is -1.91. The zero-order chi connectivity index (χ0) is 42.1. The van der Waals surface area contributed by atoms with Crippen molar-refractivity contribution in [2.75, 3.05) is 13.2 Å². The van der Waals surface area contributed by atoms with Crippen molar-refractivity contribution in [2.45, 2.75) is 155 Å². The third-order valence-electron chi connectivity index (χ3n) is 13.9. The minimum atomic E-state index is -3.89. The molecule has 0 radical (unpaired) electrons. The van der Waals surface area contributed by atoms with Gasteiger partial charge in [0.15, 0.2) is 5.72 Å². The summed E-state index contributed by atoms with van der Waals surface area (Å²) < 4.78 is 48.6. The Morgan fingerprint density at radius 3 is 2.58 bits per heavy atom. The Hall–Kier alpha value is -2.49. The Morgan fingerprint density at radius 2 is 1.90 bits per heavy atom. The summed E-state index contributed by atoms with van der Waals surface area (Å²) >= 11 is 2.12. The fraction of sp³-hybridized carbons (Fsp3) is 0.690. The molecule has 10 atom stereocenters. The minimum absolute atomic E-state index is 0.0655. The Labute approximate surface area is 359 Å². The number of rotatable bonds is 10. The molecule has 8 rings (SSSR count). The molecule has 0 spiro atoms. The van der Waals surface area contributed by atoms with E-state index >= 15 is 4.79 Å². The number of aliphatic hydroxyl groups is 2. The first-order valence-electron chi connectivity index (χ1n) is 21.1. The number of carbonyl (C=O) groups excluding carboxylic acids is 1. The van der Waals surface area contributed by atoms with Gasteiger partial charge in [-0.15, -0.1) is 6.58 Å². The summed E-state index contributed by atoms with van der Waals surface area (Å²) in [5.74, 6) is -0.104. The lowest BCUT2D eigenvalue weighted by molar-refractivity contribution is -0.176. The van der Waals surface area contributed by atoms with E-state index < -0.39 is 66.4 Å². The van der Waals surface area contributed by atoms with E-state index in [2.05, 4.69) is 44.5 Å². The van der Waals surface area contributed by atoms with Crippen LogP contribution in [0.3, 0.4) is 0 Å². The van der Waals surface area contributed by atoms with Crippen LogP contribution in [0, 0.1) is 18.8 Å². The molecule has 3 unspecified atom stereocenters. The number of epoxide rings is 1. The van der Waals surface area contributed by atoms with Crippen LogP contribution in [-0.4, -0.2) is 109 Å². The van der Waals surface area contributed by atoms with Crippen molar-refractivity contribution in [3.8, 4) is 6.01 Å². The predicted octanol–water partition coefficient (Wildman–Crippen LogP) is 3.48. The van der Waals surface area contributed by atoms with Gasteiger partial charge in [0.1, 0.15) is 12.3 Å². The van der Waals surface area contributed by atoms with E-state index in [4.69, 9.17) is 19.2 Å². The molecule has 17 heteroatoms. The van der Waals surface area contributed by atoms with Gasteiger partial charge < -0.3 is 29.3 Å². The first kappa shape index (κ1) is 43.2. The van der Waals surface area contributed by atoms with Gasteiger partial charge in [-0.2, -0.15) is 9.71 Å². The number of alkyl halides is 1. The van der Waals surface area contributed by atoms with Crippen LogP contribution in [0.2, 0.25) is 0 Å². The van der Waals surface area contributed by atoms with Gasteiger partial charge in [0.25, 0.3) is 11.6 Å². The molecule has 1 aromatic heterocycles. The Morgan fingerprint density at radius 1 is 1.17 bits per heavy atom. The van der Waals surface area contributed by atoms with Gasteiger partial charge in [0, 0.05) is 13.0 Å². The number of hydrogen-bond acceptors (Lipinski definition) is 12. The molecule has 3 aliphatic heterocycles. The minimum Gasteiger partial charge on any atom is -0.459 e. The lowest BCUT2D eigenvalue weighted by atomic mass is 9.91. The van der Waals surface area contributed by atoms with Crippen LogP contribution in [-0.2, 0) is 30.8 Å². The number of fused-ring (bicyclic) bond motifs is 5. The molecular formula is C42H59IN6O9S. The fourth-order valence-corrected chi connectivity index (χ4v) is 11.4.